The van der Waals surface area contributed by atoms with Crippen molar-refractivity contribution in [2.75, 3.05) is 0 Å². The number of nitrogens with one attached hydrogen (secondary N) is 1. The van der Waals surface area contributed by atoms with Crippen molar-refractivity contribution in [1.29, 1.82) is 0 Å². The second-order valence-corrected chi connectivity index (χ2v) is 6.22. The molecule has 3 rings (SSSR count). The van der Waals surface area contributed by atoms with Gasteiger partial charge >= 0.3 is 0 Å². The van der Waals surface area contributed by atoms with Crippen LogP contribution in [0.3, 0.4) is 0 Å². The van der Waals surface area contributed by atoms with Gasteiger partial charge in [0.15, 0.2) is 0 Å². The van der Waals surface area contributed by atoms with Gasteiger partial charge in [0, 0.05) is 33.7 Å². The van der Waals surface area contributed by atoms with Crippen LogP contribution in [-0.4, -0.2) is 4.98 Å². The number of hydrogen-bond acceptors (Lipinski definition) is 3. The second-order valence-electron chi connectivity index (χ2n) is 4.71. The van der Waals surface area contributed by atoms with E-state index in [1.807, 2.05) is 37.3 Å². The highest BCUT2D eigenvalue weighted by atomic mass is 35.5. The molecule has 0 aliphatic carbocycles. The number of pyridine rings is 1. The normalized spacial score (nSPS) is 11.1. The molecule has 20 heavy (non-hydrogen) atoms. The molecule has 2 nitrogen and oxygen atoms in total. The predicted octanol–water partition coefficient (Wildman–Crippen LogP) is 4.55. The third-order valence-electron chi connectivity index (χ3n) is 3.14. The van der Waals surface area contributed by atoms with E-state index in [1.54, 1.807) is 11.3 Å². The van der Waals surface area contributed by atoms with Crippen molar-refractivity contribution in [3.05, 3.63) is 63.8 Å². The Balaban J connectivity index is 1.69. The Kier molecular flexibility index (Phi) is 4.01. The van der Waals surface area contributed by atoms with Gasteiger partial charge in [0.2, 0.25) is 0 Å². The maximum absolute atomic E-state index is 6.42. The summed E-state index contributed by atoms with van der Waals surface area (Å²) >= 11 is 8.17. The number of halogens is 1. The Hall–Kier alpha value is -1.42. The molecule has 0 radical (unpaired) electrons. The fraction of sp³-hybridized carbons (Fsp3) is 0.188. The van der Waals surface area contributed by atoms with Gasteiger partial charge in [-0.25, -0.2) is 0 Å². The second kappa shape index (κ2) is 5.92. The Bertz CT molecular complexity index is 736. The van der Waals surface area contributed by atoms with Gasteiger partial charge in [-0.1, -0.05) is 35.9 Å². The van der Waals surface area contributed by atoms with Gasteiger partial charge in [0.25, 0.3) is 0 Å². The van der Waals surface area contributed by atoms with Crippen molar-refractivity contribution in [2.24, 2.45) is 0 Å². The van der Waals surface area contributed by atoms with E-state index in [4.69, 9.17) is 11.6 Å². The molecule has 0 amide bonds. The van der Waals surface area contributed by atoms with Gasteiger partial charge in [0.05, 0.1) is 10.7 Å². The van der Waals surface area contributed by atoms with Crippen molar-refractivity contribution < 1.29 is 0 Å². The quantitative estimate of drug-likeness (QED) is 0.765. The van der Waals surface area contributed by atoms with Crippen molar-refractivity contribution >= 4 is 33.0 Å². The van der Waals surface area contributed by atoms with Crippen LogP contribution in [0.25, 0.3) is 10.1 Å². The summed E-state index contributed by atoms with van der Waals surface area (Å²) in [6, 6.07) is 14.3. The molecule has 0 saturated carbocycles. The molecule has 102 valence electrons. The number of aryl methyl sites for hydroxylation is 1. The number of thiophene rings is 1. The van der Waals surface area contributed by atoms with E-state index in [-0.39, 0.29) is 0 Å². The summed E-state index contributed by atoms with van der Waals surface area (Å²) in [5.74, 6) is 0. The van der Waals surface area contributed by atoms with Crippen LogP contribution in [0.1, 0.15) is 16.3 Å². The fourth-order valence-corrected chi connectivity index (χ4v) is 3.65. The number of benzene rings is 1. The Morgan fingerprint density at radius 2 is 1.95 bits per heavy atom. The first-order chi connectivity index (χ1) is 9.74. The Labute approximate surface area is 127 Å². The van der Waals surface area contributed by atoms with E-state index < -0.39 is 0 Å². The fourth-order valence-electron chi connectivity index (χ4n) is 2.18. The molecule has 0 spiro atoms. The van der Waals surface area contributed by atoms with Crippen LogP contribution < -0.4 is 5.32 Å². The summed E-state index contributed by atoms with van der Waals surface area (Å²) in [5.41, 5.74) is 2.10. The first-order valence-electron chi connectivity index (χ1n) is 6.53. The van der Waals surface area contributed by atoms with Crippen molar-refractivity contribution in [2.45, 2.75) is 20.0 Å². The summed E-state index contributed by atoms with van der Waals surface area (Å²) in [6.07, 6.45) is 0. The van der Waals surface area contributed by atoms with E-state index in [9.17, 15) is 0 Å². The van der Waals surface area contributed by atoms with Crippen molar-refractivity contribution in [3.8, 4) is 0 Å². The van der Waals surface area contributed by atoms with Crippen LogP contribution in [0.15, 0.2) is 42.5 Å². The van der Waals surface area contributed by atoms with E-state index in [2.05, 4.69) is 22.4 Å². The first kappa shape index (κ1) is 13.6. The van der Waals surface area contributed by atoms with Gasteiger partial charge in [-0.05, 0) is 25.1 Å². The van der Waals surface area contributed by atoms with E-state index >= 15 is 0 Å². The summed E-state index contributed by atoms with van der Waals surface area (Å²) in [6.45, 7) is 3.53. The maximum atomic E-state index is 6.42. The van der Waals surface area contributed by atoms with Crippen LogP contribution in [0.4, 0.5) is 0 Å². The number of nitrogens with zero attached hydrogens (tertiary/aromatic N) is 1. The lowest BCUT2D eigenvalue weighted by molar-refractivity contribution is 0.685. The molecule has 0 bridgehead atoms. The molecule has 2 heterocycles. The smallest absolute Gasteiger partial charge is 0.0636 e. The lowest BCUT2D eigenvalue weighted by Gasteiger charge is -2.04. The number of rotatable bonds is 4. The van der Waals surface area contributed by atoms with E-state index in [0.717, 1.165) is 34.9 Å². The minimum atomic E-state index is 0.756. The van der Waals surface area contributed by atoms with Gasteiger partial charge in [-0.15, -0.1) is 11.3 Å². The zero-order valence-electron chi connectivity index (χ0n) is 11.2. The SMILES string of the molecule is Cc1cccc(CNCc2sc3ccccc3c2Cl)n1. The molecule has 1 N–H and O–H groups in total. The molecule has 1 aromatic carbocycles. The van der Waals surface area contributed by atoms with Crippen molar-refractivity contribution in [1.82, 2.24) is 10.3 Å². The Morgan fingerprint density at radius 3 is 2.75 bits per heavy atom. The first-order valence-corrected chi connectivity index (χ1v) is 7.72. The zero-order valence-corrected chi connectivity index (χ0v) is 12.8. The Morgan fingerprint density at radius 1 is 1.10 bits per heavy atom. The molecule has 0 aliphatic heterocycles. The number of aromatic nitrogens is 1. The number of fused-ring (bicyclic) bond motifs is 1. The van der Waals surface area contributed by atoms with Crippen LogP contribution in [0.5, 0.6) is 0 Å². The van der Waals surface area contributed by atoms with Crippen molar-refractivity contribution in [3.63, 3.8) is 0 Å². The van der Waals surface area contributed by atoms with E-state index in [1.165, 1.54) is 9.58 Å². The molecule has 0 saturated heterocycles. The van der Waals surface area contributed by atoms with Crippen LogP contribution in [0, 0.1) is 6.92 Å². The average molecular weight is 303 g/mol. The largest absolute Gasteiger partial charge is 0.306 e. The highest BCUT2D eigenvalue weighted by molar-refractivity contribution is 7.19. The van der Waals surface area contributed by atoms with Crippen LogP contribution in [-0.2, 0) is 13.1 Å². The molecule has 4 heteroatoms. The molecule has 2 aromatic heterocycles. The molecule has 0 unspecified atom stereocenters. The topological polar surface area (TPSA) is 24.9 Å². The minimum absolute atomic E-state index is 0.756. The number of hydrogen-bond donors (Lipinski definition) is 1. The molecule has 0 atom stereocenters. The summed E-state index contributed by atoms with van der Waals surface area (Å²) in [5, 5.41) is 5.42. The summed E-state index contributed by atoms with van der Waals surface area (Å²) in [7, 11) is 0. The molecule has 0 fully saturated rings. The molecular formula is C16H15ClN2S. The van der Waals surface area contributed by atoms with E-state index in [0.29, 0.717) is 0 Å². The summed E-state index contributed by atoms with van der Waals surface area (Å²) < 4.78 is 1.24. The molecular weight excluding hydrogens is 288 g/mol. The average Bonchev–Trinajstić information content (AvgIpc) is 2.76. The van der Waals surface area contributed by atoms with Gasteiger partial charge in [0.1, 0.15) is 0 Å². The highest BCUT2D eigenvalue weighted by Gasteiger charge is 2.09. The molecule has 3 aromatic rings. The van der Waals surface area contributed by atoms with Gasteiger partial charge in [-0.2, -0.15) is 0 Å². The predicted molar refractivity (Wildman–Crippen MR) is 86.4 cm³/mol. The monoisotopic (exact) mass is 302 g/mol. The van der Waals surface area contributed by atoms with Gasteiger partial charge < -0.3 is 5.32 Å². The molecule has 0 aliphatic rings. The zero-order chi connectivity index (χ0) is 13.9. The third-order valence-corrected chi connectivity index (χ3v) is 4.85. The third kappa shape index (κ3) is 2.85. The standard InChI is InChI=1S/C16H15ClN2S/c1-11-5-4-6-12(19-11)9-18-10-15-16(17)13-7-2-3-8-14(13)20-15/h2-8,18H,9-10H2,1H3. The van der Waals surface area contributed by atoms with Gasteiger partial charge in [-0.3, -0.25) is 4.98 Å². The lowest BCUT2D eigenvalue weighted by atomic mass is 10.2. The maximum Gasteiger partial charge on any atom is 0.0636 e. The highest BCUT2D eigenvalue weighted by Crippen LogP contribution is 2.34. The minimum Gasteiger partial charge on any atom is -0.306 e. The lowest BCUT2D eigenvalue weighted by Crippen LogP contribution is -2.13. The van der Waals surface area contributed by atoms with Crippen LogP contribution in [0.2, 0.25) is 5.02 Å². The summed E-state index contributed by atoms with van der Waals surface area (Å²) in [4.78, 5) is 5.66. The van der Waals surface area contributed by atoms with Crippen LogP contribution >= 0.6 is 22.9 Å².